The fourth-order valence-electron chi connectivity index (χ4n) is 0. The van der Waals surface area contributed by atoms with Crippen molar-refractivity contribution in [1.29, 1.82) is 0 Å². The Morgan fingerprint density at radius 1 is 1.11 bits per heavy atom. The Morgan fingerprint density at radius 2 is 1.11 bits per heavy atom. The minimum absolute atomic E-state index is 1.17. The molecule has 0 atom stereocenters. The SMILES string of the molecule is C=C(C)C.CC.CCC. The number of rotatable bonds is 0. The Labute approximate surface area is 61.0 Å². The summed E-state index contributed by atoms with van der Waals surface area (Å²) in [7, 11) is 0. The highest BCUT2D eigenvalue weighted by molar-refractivity contribution is 4.78. The van der Waals surface area contributed by atoms with Crippen LogP contribution in [0.5, 0.6) is 0 Å². The van der Waals surface area contributed by atoms with E-state index in [1.54, 1.807) is 0 Å². The third-order valence-corrected chi connectivity index (χ3v) is 0. The summed E-state index contributed by atoms with van der Waals surface area (Å²) < 4.78 is 0. The van der Waals surface area contributed by atoms with Gasteiger partial charge in [-0.2, -0.15) is 0 Å². The monoisotopic (exact) mass is 130 g/mol. The van der Waals surface area contributed by atoms with E-state index in [0.29, 0.717) is 0 Å². The molecule has 0 unspecified atom stereocenters. The maximum Gasteiger partial charge on any atom is -0.0445 e. The van der Waals surface area contributed by atoms with Gasteiger partial charge in [-0.25, -0.2) is 0 Å². The van der Waals surface area contributed by atoms with Gasteiger partial charge in [-0.3, -0.25) is 0 Å². The first kappa shape index (κ1) is 15.9. The average Bonchev–Trinajstić information content (AvgIpc) is 1.71. The van der Waals surface area contributed by atoms with Crippen molar-refractivity contribution >= 4 is 0 Å². The van der Waals surface area contributed by atoms with Crippen LogP contribution in [0.15, 0.2) is 12.2 Å². The van der Waals surface area contributed by atoms with Crippen molar-refractivity contribution in [3.8, 4) is 0 Å². The highest BCUT2D eigenvalue weighted by atomic mass is 13.6. The number of hydrogen-bond acceptors (Lipinski definition) is 0. The molecule has 0 N–H and O–H groups in total. The first-order valence-corrected chi connectivity index (χ1v) is 3.77. The second-order valence-electron chi connectivity index (χ2n) is 1.91. The van der Waals surface area contributed by atoms with Crippen molar-refractivity contribution in [2.24, 2.45) is 0 Å². The normalized spacial score (nSPS) is 5.56. The van der Waals surface area contributed by atoms with E-state index in [0.717, 1.165) is 0 Å². The van der Waals surface area contributed by atoms with E-state index in [1.165, 1.54) is 12.0 Å². The third-order valence-electron chi connectivity index (χ3n) is 0. The maximum atomic E-state index is 3.56. The molecule has 58 valence electrons. The van der Waals surface area contributed by atoms with Crippen molar-refractivity contribution < 1.29 is 0 Å². The predicted molar refractivity (Wildman–Crippen MR) is 47.8 cm³/mol. The van der Waals surface area contributed by atoms with Gasteiger partial charge in [0.25, 0.3) is 0 Å². The largest absolute Gasteiger partial charge is 0.100 e. The maximum absolute atomic E-state index is 3.56. The molecule has 0 aromatic heterocycles. The molecule has 0 heterocycles. The van der Waals surface area contributed by atoms with E-state index in [2.05, 4.69) is 20.4 Å². The minimum atomic E-state index is 1.17. The van der Waals surface area contributed by atoms with Gasteiger partial charge in [0.1, 0.15) is 0 Å². The molecule has 0 heteroatoms. The quantitative estimate of drug-likeness (QED) is 0.434. The molecule has 0 radical (unpaired) electrons. The molecule has 0 aromatic rings. The second kappa shape index (κ2) is 25.1. The van der Waals surface area contributed by atoms with E-state index in [4.69, 9.17) is 0 Å². The Kier molecular flexibility index (Phi) is 44.4. The van der Waals surface area contributed by atoms with Crippen molar-refractivity contribution in [3.63, 3.8) is 0 Å². The molecular weight excluding hydrogens is 108 g/mol. The molecule has 0 fully saturated rings. The average molecular weight is 130 g/mol. The smallest absolute Gasteiger partial charge is 0.0445 e. The summed E-state index contributed by atoms with van der Waals surface area (Å²) in [5.74, 6) is 0. The third kappa shape index (κ3) is 3770. The zero-order valence-electron chi connectivity index (χ0n) is 7.91. The van der Waals surface area contributed by atoms with Gasteiger partial charge in [0.2, 0.25) is 0 Å². The molecule has 0 bridgehead atoms. The molecule has 0 aromatic carbocycles. The van der Waals surface area contributed by atoms with Crippen LogP contribution in [-0.2, 0) is 0 Å². The lowest BCUT2D eigenvalue weighted by atomic mass is 10.4. The molecule has 0 amide bonds. The van der Waals surface area contributed by atoms with Gasteiger partial charge in [-0.05, 0) is 13.8 Å². The molecule has 0 aliphatic heterocycles. The van der Waals surface area contributed by atoms with Crippen LogP contribution in [0.1, 0.15) is 48.0 Å². The lowest BCUT2D eigenvalue weighted by molar-refractivity contribution is 1.09. The van der Waals surface area contributed by atoms with Crippen molar-refractivity contribution in [1.82, 2.24) is 0 Å². The summed E-state index contributed by atoms with van der Waals surface area (Å²) in [5.41, 5.74) is 1.17. The highest BCUT2D eigenvalue weighted by Gasteiger charge is 1.51. The first-order chi connectivity index (χ1) is 4.15. The Bertz CT molecular complexity index is 31.3. The standard InChI is InChI=1S/C4H8.C3H8.C2H6/c1-4(2)3;1-3-2;1-2/h1H2,2-3H3;3H2,1-2H3;1-2H3. The lowest BCUT2D eigenvalue weighted by Crippen LogP contribution is -1.43. The summed E-state index contributed by atoms with van der Waals surface area (Å²) >= 11 is 0. The zero-order valence-corrected chi connectivity index (χ0v) is 7.91. The summed E-state index contributed by atoms with van der Waals surface area (Å²) in [6.45, 7) is 15.8. The van der Waals surface area contributed by atoms with Crippen molar-refractivity contribution in [3.05, 3.63) is 12.2 Å². The summed E-state index contributed by atoms with van der Waals surface area (Å²) in [6, 6.07) is 0. The van der Waals surface area contributed by atoms with Crippen molar-refractivity contribution in [2.45, 2.75) is 48.0 Å². The van der Waals surface area contributed by atoms with Gasteiger partial charge in [-0.15, -0.1) is 6.58 Å². The molecule has 0 rings (SSSR count). The molecule has 0 saturated carbocycles. The Morgan fingerprint density at radius 3 is 1.11 bits per heavy atom. The van der Waals surface area contributed by atoms with Crippen LogP contribution >= 0.6 is 0 Å². The van der Waals surface area contributed by atoms with E-state index >= 15 is 0 Å². The van der Waals surface area contributed by atoms with Crippen LogP contribution in [0.3, 0.4) is 0 Å². The summed E-state index contributed by atoms with van der Waals surface area (Å²) in [5, 5.41) is 0. The minimum Gasteiger partial charge on any atom is -0.100 e. The van der Waals surface area contributed by atoms with Gasteiger partial charge in [-0.1, -0.05) is 39.7 Å². The van der Waals surface area contributed by atoms with E-state index in [9.17, 15) is 0 Å². The van der Waals surface area contributed by atoms with E-state index in [1.807, 2.05) is 27.7 Å². The fraction of sp³-hybridized carbons (Fsp3) is 0.778. The molecule has 0 aliphatic rings. The van der Waals surface area contributed by atoms with Gasteiger partial charge in [0, 0.05) is 0 Å². The molecular formula is C9H22. The fourth-order valence-corrected chi connectivity index (χ4v) is 0. The summed E-state index contributed by atoms with van der Waals surface area (Å²) in [6.07, 6.45) is 1.25. The molecule has 9 heavy (non-hydrogen) atoms. The van der Waals surface area contributed by atoms with E-state index < -0.39 is 0 Å². The topological polar surface area (TPSA) is 0 Å². The molecule has 0 nitrogen and oxygen atoms in total. The van der Waals surface area contributed by atoms with Gasteiger partial charge >= 0.3 is 0 Å². The molecule has 0 aliphatic carbocycles. The van der Waals surface area contributed by atoms with Gasteiger partial charge < -0.3 is 0 Å². The summed E-state index contributed by atoms with van der Waals surface area (Å²) in [4.78, 5) is 0. The van der Waals surface area contributed by atoms with Gasteiger partial charge in [0.05, 0.1) is 0 Å². The van der Waals surface area contributed by atoms with Crippen LogP contribution in [0.2, 0.25) is 0 Å². The Hall–Kier alpha value is -0.260. The number of hydrogen-bond donors (Lipinski definition) is 0. The van der Waals surface area contributed by atoms with Crippen LogP contribution in [-0.4, -0.2) is 0 Å². The predicted octanol–water partition coefficient (Wildman–Crippen LogP) is 4.02. The van der Waals surface area contributed by atoms with Crippen LogP contribution in [0, 0.1) is 0 Å². The van der Waals surface area contributed by atoms with Crippen LogP contribution in [0.4, 0.5) is 0 Å². The lowest BCUT2D eigenvalue weighted by Gasteiger charge is -1.65. The Balaban J connectivity index is -0.0000000646. The van der Waals surface area contributed by atoms with Crippen LogP contribution < -0.4 is 0 Å². The van der Waals surface area contributed by atoms with Gasteiger partial charge in [0.15, 0.2) is 0 Å². The second-order valence-corrected chi connectivity index (χ2v) is 1.91. The van der Waals surface area contributed by atoms with Crippen LogP contribution in [0.25, 0.3) is 0 Å². The molecule has 0 saturated heterocycles. The van der Waals surface area contributed by atoms with Crippen molar-refractivity contribution in [2.75, 3.05) is 0 Å². The number of allylic oxidation sites excluding steroid dienone is 1. The first-order valence-electron chi connectivity index (χ1n) is 3.77. The zero-order chi connectivity index (χ0) is 8.28. The highest BCUT2D eigenvalue weighted by Crippen LogP contribution is 1.73. The molecule has 0 spiro atoms. The van der Waals surface area contributed by atoms with E-state index in [-0.39, 0.29) is 0 Å².